The van der Waals surface area contributed by atoms with Gasteiger partial charge in [0.25, 0.3) is 0 Å². The van der Waals surface area contributed by atoms with Crippen molar-refractivity contribution in [1.82, 2.24) is 4.98 Å². The number of hydrogen-bond acceptors (Lipinski definition) is 4. The van der Waals surface area contributed by atoms with Crippen LogP contribution in [0, 0.1) is 0 Å². The Bertz CT molecular complexity index is 1360. The Balaban J connectivity index is 1.85. The molecule has 1 amide bonds. The third kappa shape index (κ3) is 7.13. The van der Waals surface area contributed by atoms with Crippen LogP contribution in [-0.4, -0.2) is 26.1 Å². The summed E-state index contributed by atoms with van der Waals surface area (Å²) < 4.78 is 103. The summed E-state index contributed by atoms with van der Waals surface area (Å²) in [6.45, 7) is -0.612. The van der Waals surface area contributed by atoms with E-state index in [2.05, 4.69) is 4.98 Å². The van der Waals surface area contributed by atoms with E-state index in [0.717, 1.165) is 45.9 Å². The summed E-state index contributed by atoms with van der Waals surface area (Å²) in [5.74, 6) is 0. The van der Waals surface area contributed by atoms with Gasteiger partial charge in [0.15, 0.2) is 0 Å². The SMILES string of the molecule is CS(=O)(=O)N(Cc1cc(C(F)(F)F)ccc1Cl)c1ccc(N(C=O)Cc2ccc(C(F)(F)F)nc2)cc1. The van der Waals surface area contributed by atoms with Crippen LogP contribution in [0.3, 0.4) is 0 Å². The summed E-state index contributed by atoms with van der Waals surface area (Å²) >= 11 is 6.02. The van der Waals surface area contributed by atoms with E-state index >= 15 is 0 Å². The maximum absolute atomic E-state index is 13.1. The van der Waals surface area contributed by atoms with Crippen molar-refractivity contribution in [3.8, 4) is 0 Å². The van der Waals surface area contributed by atoms with Crippen LogP contribution in [-0.2, 0) is 40.3 Å². The van der Waals surface area contributed by atoms with Crippen molar-refractivity contribution in [3.05, 3.63) is 88.2 Å². The van der Waals surface area contributed by atoms with Crippen LogP contribution in [0.5, 0.6) is 0 Å². The molecule has 0 aliphatic heterocycles. The maximum atomic E-state index is 13.1. The van der Waals surface area contributed by atoms with Gasteiger partial charge in [-0.3, -0.25) is 14.1 Å². The molecule has 0 aliphatic rings. The summed E-state index contributed by atoms with van der Waals surface area (Å²) in [7, 11) is -3.97. The van der Waals surface area contributed by atoms with Gasteiger partial charge in [0.05, 0.1) is 30.6 Å². The maximum Gasteiger partial charge on any atom is 0.433 e. The molecule has 0 saturated heterocycles. The lowest BCUT2D eigenvalue weighted by Gasteiger charge is -2.25. The van der Waals surface area contributed by atoms with Crippen molar-refractivity contribution in [1.29, 1.82) is 0 Å². The standard InChI is InChI=1S/C23H18ClF6N3O3S/c1-37(35,36)33(13-16-10-17(22(25,26)27)3-8-20(16)24)19-6-4-18(5-7-19)32(14-34)12-15-2-9-21(31-11-15)23(28,29)30/h2-11,14H,12-13H2,1H3. The van der Waals surface area contributed by atoms with Gasteiger partial charge < -0.3 is 4.90 Å². The monoisotopic (exact) mass is 565 g/mol. The minimum Gasteiger partial charge on any atom is -0.311 e. The van der Waals surface area contributed by atoms with Crippen LogP contribution in [0.15, 0.2) is 60.8 Å². The second kappa shape index (κ2) is 10.6. The number of halogens is 7. The minimum absolute atomic E-state index is 0.0597. The summed E-state index contributed by atoms with van der Waals surface area (Å²) in [4.78, 5) is 16.1. The summed E-state index contributed by atoms with van der Waals surface area (Å²) in [6, 6.07) is 9.96. The molecule has 0 bridgehead atoms. The number of benzene rings is 2. The molecule has 2 aromatic carbocycles. The number of carbonyl (C=O) groups excluding carboxylic acids is 1. The topological polar surface area (TPSA) is 70.6 Å². The van der Waals surface area contributed by atoms with Gasteiger partial charge in [-0.2, -0.15) is 26.3 Å². The highest BCUT2D eigenvalue weighted by molar-refractivity contribution is 7.92. The molecule has 0 radical (unpaired) electrons. The van der Waals surface area contributed by atoms with Gasteiger partial charge in [-0.1, -0.05) is 17.7 Å². The highest BCUT2D eigenvalue weighted by atomic mass is 35.5. The molecule has 3 aromatic rings. The number of hydrogen-bond donors (Lipinski definition) is 0. The van der Waals surface area contributed by atoms with E-state index in [1.54, 1.807) is 0 Å². The number of carbonyl (C=O) groups is 1. The zero-order valence-corrected chi connectivity index (χ0v) is 20.5. The number of anilines is 2. The number of pyridine rings is 1. The molecule has 0 N–H and O–H groups in total. The van der Waals surface area contributed by atoms with Crippen LogP contribution in [0.25, 0.3) is 0 Å². The Morgan fingerprint density at radius 2 is 1.51 bits per heavy atom. The third-order valence-corrected chi connectivity index (χ3v) is 6.66. The Kier molecular flexibility index (Phi) is 8.08. The largest absolute Gasteiger partial charge is 0.433 e. The quantitative estimate of drug-likeness (QED) is 0.252. The van der Waals surface area contributed by atoms with Crippen molar-refractivity contribution in [2.24, 2.45) is 0 Å². The zero-order chi connectivity index (χ0) is 27.6. The number of aromatic nitrogens is 1. The molecule has 6 nitrogen and oxygen atoms in total. The number of alkyl halides is 6. The Hall–Kier alpha value is -3.32. The molecule has 0 aliphatic carbocycles. The first-order chi connectivity index (χ1) is 17.1. The molecule has 0 fully saturated rings. The van der Waals surface area contributed by atoms with E-state index in [1.165, 1.54) is 30.3 Å². The first kappa shape index (κ1) is 28.3. The lowest BCUT2D eigenvalue weighted by molar-refractivity contribution is -0.141. The van der Waals surface area contributed by atoms with Crippen LogP contribution in [0.2, 0.25) is 5.02 Å². The van der Waals surface area contributed by atoms with E-state index in [-0.39, 0.29) is 28.5 Å². The van der Waals surface area contributed by atoms with Gasteiger partial charge in [-0.05, 0) is 59.7 Å². The first-order valence-corrected chi connectivity index (χ1v) is 12.5. The number of nitrogens with zero attached hydrogens (tertiary/aromatic N) is 3. The second-order valence-corrected chi connectivity index (χ2v) is 10.2. The number of rotatable bonds is 8. The van der Waals surface area contributed by atoms with Crippen LogP contribution < -0.4 is 9.21 Å². The van der Waals surface area contributed by atoms with E-state index in [0.29, 0.717) is 12.0 Å². The van der Waals surface area contributed by atoms with Gasteiger partial charge in [-0.25, -0.2) is 8.42 Å². The molecule has 0 atom stereocenters. The molecule has 1 aromatic heterocycles. The van der Waals surface area contributed by atoms with Gasteiger partial charge in [0.2, 0.25) is 16.4 Å². The van der Waals surface area contributed by atoms with Crippen LogP contribution >= 0.6 is 11.6 Å². The first-order valence-electron chi connectivity index (χ1n) is 10.3. The smallest absolute Gasteiger partial charge is 0.311 e. The van der Waals surface area contributed by atoms with Crippen molar-refractivity contribution in [2.45, 2.75) is 25.4 Å². The fraction of sp³-hybridized carbons (Fsp3) is 0.217. The zero-order valence-electron chi connectivity index (χ0n) is 18.9. The van der Waals surface area contributed by atoms with Crippen molar-refractivity contribution < 1.29 is 39.6 Å². The Morgan fingerprint density at radius 1 is 0.892 bits per heavy atom. The fourth-order valence-corrected chi connectivity index (χ4v) is 4.36. The summed E-state index contributed by atoms with van der Waals surface area (Å²) in [6.07, 6.45) is -6.97. The molecular weight excluding hydrogens is 548 g/mol. The number of sulfonamides is 1. The molecule has 0 spiro atoms. The average molecular weight is 566 g/mol. The highest BCUT2D eigenvalue weighted by Crippen LogP contribution is 2.33. The lowest BCUT2D eigenvalue weighted by atomic mass is 10.1. The van der Waals surface area contributed by atoms with Gasteiger partial charge in [-0.15, -0.1) is 0 Å². The Labute approximate surface area is 213 Å². The van der Waals surface area contributed by atoms with E-state index in [9.17, 15) is 39.6 Å². The van der Waals surface area contributed by atoms with E-state index in [1.807, 2.05) is 0 Å². The highest BCUT2D eigenvalue weighted by Gasteiger charge is 2.32. The molecule has 198 valence electrons. The van der Waals surface area contributed by atoms with Gasteiger partial charge >= 0.3 is 12.4 Å². The molecule has 14 heteroatoms. The van der Waals surface area contributed by atoms with E-state index < -0.39 is 40.2 Å². The molecule has 1 heterocycles. The normalized spacial score (nSPS) is 12.3. The molecular formula is C23H18ClF6N3O3S. The molecule has 0 unspecified atom stereocenters. The summed E-state index contributed by atoms with van der Waals surface area (Å²) in [5, 5.41) is -0.0597. The Morgan fingerprint density at radius 3 is 2.00 bits per heavy atom. The lowest BCUT2D eigenvalue weighted by Crippen LogP contribution is -2.29. The molecule has 37 heavy (non-hydrogen) atoms. The number of amides is 1. The van der Waals surface area contributed by atoms with Gasteiger partial charge in [0.1, 0.15) is 5.69 Å². The predicted molar refractivity (Wildman–Crippen MR) is 125 cm³/mol. The van der Waals surface area contributed by atoms with Crippen molar-refractivity contribution >= 4 is 39.4 Å². The molecule has 3 rings (SSSR count). The third-order valence-electron chi connectivity index (χ3n) is 5.15. The van der Waals surface area contributed by atoms with Crippen LogP contribution in [0.1, 0.15) is 22.4 Å². The van der Waals surface area contributed by atoms with E-state index in [4.69, 9.17) is 11.6 Å². The van der Waals surface area contributed by atoms with Crippen LogP contribution in [0.4, 0.5) is 37.7 Å². The summed E-state index contributed by atoms with van der Waals surface area (Å²) in [5.41, 5.74) is -1.47. The van der Waals surface area contributed by atoms with Gasteiger partial charge in [0, 0.05) is 16.9 Å². The average Bonchev–Trinajstić information content (AvgIpc) is 2.80. The minimum atomic E-state index is -4.65. The molecule has 0 saturated carbocycles. The van der Waals surface area contributed by atoms with Crippen molar-refractivity contribution in [3.63, 3.8) is 0 Å². The van der Waals surface area contributed by atoms with Crippen molar-refractivity contribution in [2.75, 3.05) is 15.5 Å². The predicted octanol–water partition coefficient (Wildman–Crippen LogP) is 5.90. The second-order valence-electron chi connectivity index (χ2n) is 7.87. The fourth-order valence-electron chi connectivity index (χ4n) is 3.31.